The van der Waals surface area contributed by atoms with Crippen molar-refractivity contribution in [1.82, 2.24) is 14.7 Å². The molecular weight excluding hydrogens is 704 g/mol. The zero-order chi connectivity index (χ0) is 38.0. The number of nitrogens with zero attached hydrogens (tertiary/aromatic N) is 5. The van der Waals surface area contributed by atoms with Gasteiger partial charge in [0.15, 0.2) is 0 Å². The van der Waals surface area contributed by atoms with E-state index in [4.69, 9.17) is 37.0 Å². The highest BCUT2D eigenvalue weighted by Gasteiger charge is 2.12. The molecule has 53 heavy (non-hydrogen) atoms. The zero-order valence-corrected chi connectivity index (χ0v) is 30.9. The molecule has 0 atom stereocenters. The third kappa shape index (κ3) is 20.6. The predicted octanol–water partition coefficient (Wildman–Crippen LogP) is 6.68. The number of anilines is 1. The first-order chi connectivity index (χ1) is 25.2. The van der Waals surface area contributed by atoms with Gasteiger partial charge in [-0.15, -0.1) is 11.6 Å². The van der Waals surface area contributed by atoms with Gasteiger partial charge in [0.2, 0.25) is 0 Å². The summed E-state index contributed by atoms with van der Waals surface area (Å²) in [4.78, 5) is 26.8. The number of phenols is 1. The summed E-state index contributed by atoms with van der Waals surface area (Å²) >= 11 is 5.54. The lowest BCUT2D eigenvalue weighted by atomic mass is 10.3. The number of nitrogens with two attached hydrogens (primary N) is 1. The molecule has 3 aromatic rings. The van der Waals surface area contributed by atoms with E-state index in [9.17, 15) is 20.2 Å². The van der Waals surface area contributed by atoms with E-state index in [-0.39, 0.29) is 24.6 Å². The second-order valence-corrected chi connectivity index (χ2v) is 12.5. The summed E-state index contributed by atoms with van der Waals surface area (Å²) in [5.41, 5.74) is 6.45. The number of rotatable bonds is 12. The maximum absolute atomic E-state index is 10.5. The smallest absolute Gasteiger partial charge is 0.269 e. The fourth-order valence-electron chi connectivity index (χ4n) is 5.53. The number of nitrogen functional groups attached to an aromatic ring is 1. The first kappa shape index (κ1) is 46.8. The van der Waals surface area contributed by atoms with Crippen molar-refractivity contribution in [2.24, 2.45) is 0 Å². The molecule has 3 fully saturated rings. The average molecular weight is 763 g/mol. The van der Waals surface area contributed by atoms with Gasteiger partial charge in [-0.1, -0.05) is 7.43 Å². The first-order valence-electron chi connectivity index (χ1n) is 17.7. The number of likely N-dealkylation sites (tertiary alicyclic amines) is 3. The number of phenolic OH excluding ortho intramolecular Hbond substituents is 1. The van der Waals surface area contributed by atoms with E-state index in [1.165, 1.54) is 101 Å². The van der Waals surface area contributed by atoms with Crippen LogP contribution in [-0.4, -0.2) is 120 Å². The van der Waals surface area contributed by atoms with Crippen molar-refractivity contribution in [2.45, 2.75) is 46.0 Å². The molecule has 0 radical (unpaired) electrons. The molecule has 0 saturated carbocycles. The Morgan fingerprint density at radius 3 is 1.28 bits per heavy atom. The second kappa shape index (κ2) is 28.3. The number of halogens is 1. The standard InChI is InChI=1S/C12H16N2O3.C12H18N2O.C6H12ClN.C6H5NO3.CH4O.CH4/c15-14(16)11-3-5-12(6-4-11)17-10-9-13-7-1-2-8-13;13-11-3-5-12(6-4-11)15-10-9-14-7-1-2-8-14;7-3-6-8-4-1-2-5-8;8-6-3-1-5(2-4-6)7(9)10;1-2;/h3-6H,1-2,7-10H2;3-6H,1-2,7-10,13H2;1-6H2;1-4,8H;2H,1H3;1H4. The molecule has 14 nitrogen and oxygen atoms in total. The van der Waals surface area contributed by atoms with Gasteiger partial charge in [0.1, 0.15) is 30.5 Å². The van der Waals surface area contributed by atoms with Crippen LogP contribution in [0.15, 0.2) is 72.8 Å². The Morgan fingerprint density at radius 1 is 0.623 bits per heavy atom. The van der Waals surface area contributed by atoms with Crippen molar-refractivity contribution in [3.63, 3.8) is 0 Å². The molecule has 3 heterocycles. The van der Waals surface area contributed by atoms with E-state index in [2.05, 4.69) is 14.7 Å². The SMILES string of the molecule is C.CO.ClCCN1CCCC1.Nc1ccc(OCCN2CCCC2)cc1.O=[N+]([O-])c1ccc(O)cc1.O=[N+]([O-])c1ccc(OCCN2CCCC2)cc1. The van der Waals surface area contributed by atoms with Crippen LogP contribution in [0.4, 0.5) is 17.1 Å². The summed E-state index contributed by atoms with van der Waals surface area (Å²) in [6.45, 7) is 11.8. The Kier molecular flexibility index (Phi) is 25.0. The summed E-state index contributed by atoms with van der Waals surface area (Å²) in [6.07, 6.45) is 7.96. The van der Waals surface area contributed by atoms with E-state index in [1.54, 1.807) is 12.1 Å². The second-order valence-electron chi connectivity index (χ2n) is 12.1. The molecule has 3 aliphatic heterocycles. The fraction of sp³-hybridized carbons (Fsp3) is 0.526. The lowest BCUT2D eigenvalue weighted by Crippen LogP contribution is -2.25. The summed E-state index contributed by atoms with van der Waals surface area (Å²) in [7, 11) is 1.00. The molecule has 3 aromatic carbocycles. The number of aliphatic hydroxyl groups excluding tert-OH is 1. The summed E-state index contributed by atoms with van der Waals surface area (Å²) in [6, 6.07) is 18.8. The number of nitro benzene ring substituents is 2. The van der Waals surface area contributed by atoms with Gasteiger partial charge in [0.25, 0.3) is 11.4 Å². The minimum atomic E-state index is -0.514. The van der Waals surface area contributed by atoms with E-state index < -0.39 is 9.85 Å². The Balaban J connectivity index is 0.000000358. The van der Waals surface area contributed by atoms with Crippen LogP contribution in [0, 0.1) is 20.2 Å². The van der Waals surface area contributed by atoms with Gasteiger partial charge in [-0.05, 0) is 126 Å². The van der Waals surface area contributed by atoms with Gasteiger partial charge < -0.3 is 30.3 Å². The number of nitro groups is 2. The summed E-state index contributed by atoms with van der Waals surface area (Å²) < 4.78 is 11.2. The number of ether oxygens (including phenoxy) is 2. The predicted molar refractivity (Wildman–Crippen MR) is 212 cm³/mol. The topological polar surface area (TPSA) is 181 Å². The fourth-order valence-corrected chi connectivity index (χ4v) is 5.76. The van der Waals surface area contributed by atoms with Crippen molar-refractivity contribution < 1.29 is 29.5 Å². The van der Waals surface area contributed by atoms with Crippen LogP contribution >= 0.6 is 11.6 Å². The maximum atomic E-state index is 10.5. The molecule has 4 N–H and O–H groups in total. The monoisotopic (exact) mass is 762 g/mol. The van der Waals surface area contributed by atoms with Gasteiger partial charge >= 0.3 is 0 Å². The molecule has 0 spiro atoms. The number of hydrogen-bond acceptors (Lipinski definition) is 12. The van der Waals surface area contributed by atoms with Crippen LogP contribution < -0.4 is 15.2 Å². The van der Waals surface area contributed by atoms with Crippen molar-refractivity contribution in [3.8, 4) is 17.2 Å². The van der Waals surface area contributed by atoms with Crippen LogP contribution in [-0.2, 0) is 0 Å². The molecule has 15 heteroatoms. The van der Waals surface area contributed by atoms with Gasteiger partial charge in [0, 0.05) is 62.6 Å². The molecule has 0 bridgehead atoms. The normalized spacial score (nSPS) is 15.1. The lowest BCUT2D eigenvalue weighted by Gasteiger charge is -2.14. The number of hydrogen-bond donors (Lipinski definition) is 3. The van der Waals surface area contributed by atoms with Crippen molar-refractivity contribution in [3.05, 3.63) is 93.0 Å². The molecule has 3 aliphatic rings. The van der Waals surface area contributed by atoms with Crippen LogP contribution in [0.2, 0.25) is 0 Å². The largest absolute Gasteiger partial charge is 0.508 e. The quantitative estimate of drug-likeness (QED) is 0.0772. The van der Waals surface area contributed by atoms with E-state index in [0.29, 0.717) is 12.4 Å². The highest BCUT2D eigenvalue weighted by molar-refractivity contribution is 6.18. The van der Waals surface area contributed by atoms with Gasteiger partial charge in [-0.2, -0.15) is 0 Å². The van der Waals surface area contributed by atoms with E-state index in [0.717, 1.165) is 63.8 Å². The van der Waals surface area contributed by atoms with Gasteiger partial charge in [-0.25, -0.2) is 0 Å². The highest BCUT2D eigenvalue weighted by Crippen LogP contribution is 2.18. The highest BCUT2D eigenvalue weighted by atomic mass is 35.5. The molecule has 0 amide bonds. The summed E-state index contributed by atoms with van der Waals surface area (Å²) in [5.74, 6) is 2.42. The van der Waals surface area contributed by atoms with Crippen LogP contribution in [0.5, 0.6) is 17.2 Å². The van der Waals surface area contributed by atoms with Crippen molar-refractivity contribution in [2.75, 3.05) is 90.8 Å². The van der Waals surface area contributed by atoms with Crippen LogP contribution in [0.25, 0.3) is 0 Å². The third-order valence-electron chi connectivity index (χ3n) is 8.34. The first-order valence-corrected chi connectivity index (χ1v) is 18.2. The molecule has 0 aromatic heterocycles. The summed E-state index contributed by atoms with van der Waals surface area (Å²) in [5, 5.41) is 36.2. The third-order valence-corrected chi connectivity index (χ3v) is 8.51. The van der Waals surface area contributed by atoms with Crippen molar-refractivity contribution in [1.29, 1.82) is 0 Å². The molecule has 3 saturated heterocycles. The molecule has 296 valence electrons. The average Bonchev–Trinajstić information content (AvgIpc) is 3.98. The molecule has 0 aliphatic carbocycles. The van der Waals surface area contributed by atoms with Gasteiger partial charge in [-0.3, -0.25) is 30.0 Å². The minimum Gasteiger partial charge on any atom is -0.508 e. The zero-order valence-electron chi connectivity index (χ0n) is 30.2. The number of benzene rings is 3. The van der Waals surface area contributed by atoms with E-state index >= 15 is 0 Å². The van der Waals surface area contributed by atoms with Gasteiger partial charge in [0.05, 0.1) is 9.85 Å². The lowest BCUT2D eigenvalue weighted by molar-refractivity contribution is -0.385. The Labute approximate surface area is 319 Å². The molecular formula is C38H59ClN6O8. The molecule has 6 rings (SSSR count). The maximum Gasteiger partial charge on any atom is 0.269 e. The van der Waals surface area contributed by atoms with Crippen LogP contribution in [0.1, 0.15) is 46.0 Å². The number of non-ortho nitro benzene ring substituents is 2. The Bertz CT molecular complexity index is 1370. The Morgan fingerprint density at radius 2 is 0.943 bits per heavy atom. The minimum absolute atomic E-state index is 0. The van der Waals surface area contributed by atoms with Crippen LogP contribution in [0.3, 0.4) is 0 Å². The number of aliphatic hydroxyl groups is 1. The van der Waals surface area contributed by atoms with E-state index in [1.807, 2.05) is 24.3 Å². The Hall–Kier alpha value is -4.21. The number of alkyl halides is 1. The van der Waals surface area contributed by atoms with Crippen molar-refractivity contribution >= 4 is 28.7 Å². The number of aromatic hydroxyl groups is 1. The molecule has 0 unspecified atom stereocenters.